The predicted molar refractivity (Wildman–Crippen MR) is 78.4 cm³/mol. The summed E-state index contributed by atoms with van der Waals surface area (Å²) in [5.74, 6) is 0.503. The first-order chi connectivity index (χ1) is 9.65. The molecule has 2 aromatic rings. The quantitative estimate of drug-likeness (QED) is 0.629. The van der Waals surface area contributed by atoms with Crippen LogP contribution in [0.15, 0.2) is 34.2 Å². The van der Waals surface area contributed by atoms with Crippen LogP contribution < -0.4 is 9.64 Å². The van der Waals surface area contributed by atoms with E-state index in [4.69, 9.17) is 4.74 Å². The van der Waals surface area contributed by atoms with Crippen molar-refractivity contribution < 1.29 is 14.3 Å². The number of halogens is 1. The van der Waals surface area contributed by atoms with Crippen LogP contribution in [-0.4, -0.2) is 29.8 Å². The van der Waals surface area contributed by atoms with E-state index in [9.17, 15) is 9.59 Å². The van der Waals surface area contributed by atoms with Crippen LogP contribution in [0.4, 0.5) is 5.82 Å². The Bertz CT molecular complexity index is 672. The molecule has 3 heterocycles. The molecule has 0 aromatic carbocycles. The molecule has 1 amide bonds. The van der Waals surface area contributed by atoms with Gasteiger partial charge in [-0.15, -0.1) is 11.3 Å². The van der Waals surface area contributed by atoms with E-state index in [1.807, 2.05) is 11.4 Å². The molecule has 0 radical (unpaired) electrons. The molecule has 0 saturated carbocycles. The first-order valence-corrected chi connectivity index (χ1v) is 7.49. The molecular weight excluding hydrogens is 344 g/mol. The minimum absolute atomic E-state index is 0.0286. The molecule has 7 heteroatoms. The lowest BCUT2D eigenvalue weighted by atomic mass is 10.2. The van der Waals surface area contributed by atoms with Crippen molar-refractivity contribution in [2.45, 2.75) is 0 Å². The normalized spacial score (nSPS) is 13.8. The molecule has 0 saturated heterocycles. The Morgan fingerprint density at radius 3 is 3.05 bits per heavy atom. The SMILES string of the molecule is O=C(CN1C(=O)COc2ccc(Br)nc21)c1cccs1. The first kappa shape index (κ1) is 13.3. The van der Waals surface area contributed by atoms with Crippen LogP contribution in [0.1, 0.15) is 9.67 Å². The molecular formula is C13H9BrN2O3S. The molecule has 1 aliphatic heterocycles. The fraction of sp³-hybridized carbons (Fsp3) is 0.154. The largest absolute Gasteiger partial charge is 0.480 e. The smallest absolute Gasteiger partial charge is 0.266 e. The number of amides is 1. The second-order valence-corrected chi connectivity index (χ2v) is 5.88. The van der Waals surface area contributed by atoms with Crippen LogP contribution in [0.2, 0.25) is 0 Å². The van der Waals surface area contributed by atoms with Crippen LogP contribution in [0, 0.1) is 0 Å². The number of carbonyl (C=O) groups is 2. The molecule has 0 bridgehead atoms. The van der Waals surface area contributed by atoms with Gasteiger partial charge in [0.25, 0.3) is 5.91 Å². The van der Waals surface area contributed by atoms with Crippen molar-refractivity contribution >= 4 is 44.8 Å². The molecule has 3 rings (SSSR count). The van der Waals surface area contributed by atoms with E-state index in [1.54, 1.807) is 18.2 Å². The number of carbonyl (C=O) groups excluding carboxylic acids is 2. The van der Waals surface area contributed by atoms with Gasteiger partial charge in [-0.25, -0.2) is 4.98 Å². The zero-order valence-electron chi connectivity index (χ0n) is 10.2. The zero-order valence-corrected chi connectivity index (χ0v) is 12.6. The fourth-order valence-electron chi connectivity index (χ4n) is 1.88. The highest BCUT2D eigenvalue weighted by Gasteiger charge is 2.29. The summed E-state index contributed by atoms with van der Waals surface area (Å²) in [4.78, 5) is 30.3. The molecule has 2 aromatic heterocycles. The van der Waals surface area contributed by atoms with Crippen LogP contribution in [0.5, 0.6) is 5.75 Å². The molecule has 5 nitrogen and oxygen atoms in total. The van der Waals surface area contributed by atoms with Crippen molar-refractivity contribution in [3.05, 3.63) is 39.1 Å². The van der Waals surface area contributed by atoms with Gasteiger partial charge in [-0.05, 0) is 39.5 Å². The molecule has 0 aliphatic carbocycles. The molecule has 20 heavy (non-hydrogen) atoms. The number of anilines is 1. The average molecular weight is 353 g/mol. The number of thiophene rings is 1. The van der Waals surface area contributed by atoms with E-state index < -0.39 is 0 Å². The lowest BCUT2D eigenvalue weighted by Crippen LogP contribution is -2.42. The monoisotopic (exact) mass is 352 g/mol. The standard InChI is InChI=1S/C13H9BrN2O3S/c14-11-4-3-9-13(15-11)16(12(18)7-19-9)6-8(17)10-2-1-5-20-10/h1-5H,6-7H2. The lowest BCUT2D eigenvalue weighted by Gasteiger charge is -2.27. The van der Waals surface area contributed by atoms with Crippen molar-refractivity contribution in [1.29, 1.82) is 0 Å². The van der Waals surface area contributed by atoms with Gasteiger partial charge in [-0.1, -0.05) is 6.07 Å². The molecule has 0 atom stereocenters. The summed E-state index contributed by atoms with van der Waals surface area (Å²) < 4.78 is 5.90. The highest BCUT2D eigenvalue weighted by molar-refractivity contribution is 9.10. The highest BCUT2D eigenvalue weighted by atomic mass is 79.9. The Morgan fingerprint density at radius 1 is 1.45 bits per heavy atom. The van der Waals surface area contributed by atoms with Gasteiger partial charge in [0, 0.05) is 0 Å². The number of Topliss-reactive ketones (excluding diaryl/α,β-unsaturated/α-hetero) is 1. The predicted octanol–water partition coefficient (Wildman–Crippen LogP) is 2.51. The summed E-state index contributed by atoms with van der Waals surface area (Å²) in [5.41, 5.74) is 0. The molecule has 1 aliphatic rings. The van der Waals surface area contributed by atoms with E-state index in [-0.39, 0.29) is 24.8 Å². The van der Waals surface area contributed by atoms with Gasteiger partial charge in [0.05, 0.1) is 11.4 Å². The number of hydrogen-bond donors (Lipinski definition) is 0. The molecule has 0 N–H and O–H groups in total. The first-order valence-electron chi connectivity index (χ1n) is 5.81. The summed E-state index contributed by atoms with van der Waals surface area (Å²) in [6, 6.07) is 7.00. The second-order valence-electron chi connectivity index (χ2n) is 4.12. The van der Waals surface area contributed by atoms with Crippen LogP contribution in [0.3, 0.4) is 0 Å². The average Bonchev–Trinajstić information content (AvgIpc) is 2.96. The third-order valence-corrected chi connectivity index (χ3v) is 4.16. The number of hydrogen-bond acceptors (Lipinski definition) is 5. The topological polar surface area (TPSA) is 59.5 Å². The Balaban J connectivity index is 1.91. The summed E-state index contributed by atoms with van der Waals surface area (Å²) in [7, 11) is 0. The van der Waals surface area contributed by atoms with E-state index in [0.29, 0.717) is 21.0 Å². The van der Waals surface area contributed by atoms with Gasteiger partial charge in [0.1, 0.15) is 4.60 Å². The number of ether oxygens (including phenoxy) is 1. The summed E-state index contributed by atoms with van der Waals surface area (Å²) >= 11 is 4.61. The zero-order chi connectivity index (χ0) is 14.1. The van der Waals surface area contributed by atoms with E-state index in [0.717, 1.165) is 0 Å². The van der Waals surface area contributed by atoms with E-state index >= 15 is 0 Å². The van der Waals surface area contributed by atoms with Crippen molar-refractivity contribution in [3.8, 4) is 5.75 Å². The van der Waals surface area contributed by atoms with E-state index in [1.165, 1.54) is 16.2 Å². The minimum atomic E-state index is -0.270. The Labute approximate surface area is 127 Å². The van der Waals surface area contributed by atoms with Crippen molar-refractivity contribution in [2.75, 3.05) is 18.1 Å². The van der Waals surface area contributed by atoms with Crippen molar-refractivity contribution in [2.24, 2.45) is 0 Å². The van der Waals surface area contributed by atoms with Gasteiger partial charge < -0.3 is 4.74 Å². The number of fused-ring (bicyclic) bond motifs is 1. The van der Waals surface area contributed by atoms with Gasteiger partial charge in [0.2, 0.25) is 0 Å². The Kier molecular flexibility index (Phi) is 3.54. The fourth-order valence-corrected chi connectivity index (χ4v) is 2.83. The summed E-state index contributed by atoms with van der Waals surface area (Å²) in [5, 5.41) is 1.83. The molecule has 0 unspecified atom stereocenters. The number of rotatable bonds is 3. The summed E-state index contributed by atoms with van der Waals surface area (Å²) in [6.07, 6.45) is 0. The van der Waals surface area contributed by atoms with Gasteiger partial charge in [-0.3, -0.25) is 14.5 Å². The highest BCUT2D eigenvalue weighted by Crippen LogP contribution is 2.31. The maximum Gasteiger partial charge on any atom is 0.266 e. The minimum Gasteiger partial charge on any atom is -0.480 e. The third-order valence-electron chi connectivity index (χ3n) is 2.81. The van der Waals surface area contributed by atoms with E-state index in [2.05, 4.69) is 20.9 Å². The van der Waals surface area contributed by atoms with Gasteiger partial charge in [0.15, 0.2) is 24.0 Å². The summed E-state index contributed by atoms with van der Waals surface area (Å²) in [6.45, 7) is -0.104. The lowest BCUT2D eigenvalue weighted by molar-refractivity contribution is -0.121. The third kappa shape index (κ3) is 2.46. The number of ketones is 1. The maximum absolute atomic E-state index is 12.2. The van der Waals surface area contributed by atoms with Crippen LogP contribution in [-0.2, 0) is 4.79 Å². The Hall–Kier alpha value is -1.73. The second kappa shape index (κ2) is 5.34. The van der Waals surface area contributed by atoms with Crippen molar-refractivity contribution in [1.82, 2.24) is 4.98 Å². The molecule has 0 fully saturated rings. The number of pyridine rings is 1. The number of aromatic nitrogens is 1. The van der Waals surface area contributed by atoms with Crippen molar-refractivity contribution in [3.63, 3.8) is 0 Å². The molecule has 102 valence electrons. The van der Waals surface area contributed by atoms with Crippen LogP contribution >= 0.6 is 27.3 Å². The molecule has 0 spiro atoms. The van der Waals surface area contributed by atoms with Gasteiger partial charge in [-0.2, -0.15) is 0 Å². The van der Waals surface area contributed by atoms with Crippen LogP contribution in [0.25, 0.3) is 0 Å². The van der Waals surface area contributed by atoms with Gasteiger partial charge >= 0.3 is 0 Å². The maximum atomic E-state index is 12.2. The number of nitrogens with zero attached hydrogens (tertiary/aromatic N) is 2. The Morgan fingerprint density at radius 2 is 2.30 bits per heavy atom.